The molecule has 1 saturated heterocycles. The normalized spacial score (nSPS) is 28.4. The SMILES string of the molecule is CCc1cccc(N2CCC(NC)C(C)C2C)c1. The Kier molecular flexibility index (Phi) is 4.28. The van der Waals surface area contributed by atoms with Crippen LogP contribution in [0.15, 0.2) is 24.3 Å². The van der Waals surface area contributed by atoms with Gasteiger partial charge in [0.05, 0.1) is 0 Å². The van der Waals surface area contributed by atoms with Crippen LogP contribution < -0.4 is 10.2 Å². The van der Waals surface area contributed by atoms with Gasteiger partial charge < -0.3 is 10.2 Å². The van der Waals surface area contributed by atoms with Crippen molar-refractivity contribution in [1.82, 2.24) is 5.32 Å². The van der Waals surface area contributed by atoms with Crippen LogP contribution in [0.1, 0.15) is 32.8 Å². The maximum Gasteiger partial charge on any atom is 0.0371 e. The van der Waals surface area contributed by atoms with Crippen molar-refractivity contribution < 1.29 is 0 Å². The lowest BCUT2D eigenvalue weighted by atomic mass is 9.86. The lowest BCUT2D eigenvalue weighted by Gasteiger charge is -2.44. The Balaban J connectivity index is 2.18. The fraction of sp³-hybridized carbons (Fsp3) is 0.625. The number of nitrogens with one attached hydrogen (secondary N) is 1. The topological polar surface area (TPSA) is 15.3 Å². The first-order valence-corrected chi connectivity index (χ1v) is 7.20. The third-order valence-electron chi connectivity index (χ3n) is 4.59. The van der Waals surface area contributed by atoms with E-state index in [2.05, 4.69) is 62.3 Å². The molecule has 2 nitrogen and oxygen atoms in total. The van der Waals surface area contributed by atoms with E-state index in [0.29, 0.717) is 18.0 Å². The van der Waals surface area contributed by atoms with E-state index in [1.807, 2.05) is 0 Å². The predicted molar refractivity (Wildman–Crippen MR) is 79.3 cm³/mol. The largest absolute Gasteiger partial charge is 0.368 e. The van der Waals surface area contributed by atoms with Crippen LogP contribution in [0.2, 0.25) is 0 Å². The second kappa shape index (κ2) is 5.75. The van der Waals surface area contributed by atoms with Gasteiger partial charge in [0.15, 0.2) is 0 Å². The molecule has 0 aromatic heterocycles. The molecule has 1 fully saturated rings. The zero-order chi connectivity index (χ0) is 13.1. The van der Waals surface area contributed by atoms with Gasteiger partial charge in [0.25, 0.3) is 0 Å². The average Bonchev–Trinajstić information content (AvgIpc) is 2.42. The highest BCUT2D eigenvalue weighted by Crippen LogP contribution is 2.29. The molecule has 100 valence electrons. The second-order valence-corrected chi connectivity index (χ2v) is 5.50. The standard InChI is InChI=1S/C16H26N2/c1-5-14-7-6-8-15(11-14)18-10-9-16(17-4)12(2)13(18)3/h6-8,11-13,16-17H,5,9-10H2,1-4H3. The molecule has 1 heterocycles. The number of anilines is 1. The Bertz CT molecular complexity index is 388. The van der Waals surface area contributed by atoms with Gasteiger partial charge in [-0.3, -0.25) is 0 Å². The molecule has 2 rings (SSSR count). The molecular weight excluding hydrogens is 220 g/mol. The lowest BCUT2D eigenvalue weighted by molar-refractivity contribution is 0.282. The predicted octanol–water partition coefficient (Wildman–Crippen LogP) is 3.07. The maximum atomic E-state index is 3.45. The number of aryl methyl sites for hydroxylation is 1. The molecule has 1 aromatic rings. The van der Waals surface area contributed by atoms with E-state index >= 15 is 0 Å². The minimum absolute atomic E-state index is 0.600. The van der Waals surface area contributed by atoms with Crippen LogP contribution >= 0.6 is 0 Å². The van der Waals surface area contributed by atoms with Crippen molar-refractivity contribution >= 4 is 5.69 Å². The average molecular weight is 246 g/mol. The summed E-state index contributed by atoms with van der Waals surface area (Å²) in [5.74, 6) is 0.689. The third kappa shape index (κ3) is 2.54. The first-order valence-electron chi connectivity index (χ1n) is 7.20. The van der Waals surface area contributed by atoms with Gasteiger partial charge in [-0.15, -0.1) is 0 Å². The molecule has 1 aliphatic rings. The summed E-state index contributed by atoms with van der Waals surface area (Å²) in [6.45, 7) is 8.09. The molecule has 0 radical (unpaired) electrons. The van der Waals surface area contributed by atoms with E-state index in [1.54, 1.807) is 0 Å². The number of hydrogen-bond donors (Lipinski definition) is 1. The summed E-state index contributed by atoms with van der Waals surface area (Å²) in [4.78, 5) is 2.57. The van der Waals surface area contributed by atoms with Gasteiger partial charge in [-0.05, 0) is 50.4 Å². The fourth-order valence-electron chi connectivity index (χ4n) is 3.09. The Morgan fingerprint density at radius 3 is 2.78 bits per heavy atom. The van der Waals surface area contributed by atoms with Crippen LogP contribution in [0, 0.1) is 5.92 Å². The van der Waals surface area contributed by atoms with E-state index < -0.39 is 0 Å². The van der Waals surface area contributed by atoms with Crippen molar-refractivity contribution in [2.45, 2.75) is 45.7 Å². The molecule has 1 aliphatic heterocycles. The van der Waals surface area contributed by atoms with Crippen LogP contribution in [-0.4, -0.2) is 25.7 Å². The minimum Gasteiger partial charge on any atom is -0.368 e. The summed E-state index contributed by atoms with van der Waals surface area (Å²) in [7, 11) is 2.08. The third-order valence-corrected chi connectivity index (χ3v) is 4.59. The molecule has 1 N–H and O–H groups in total. The van der Waals surface area contributed by atoms with Gasteiger partial charge in [0.2, 0.25) is 0 Å². The van der Waals surface area contributed by atoms with Crippen molar-refractivity contribution in [3.63, 3.8) is 0 Å². The summed E-state index contributed by atoms with van der Waals surface area (Å²) in [6, 6.07) is 10.3. The highest BCUT2D eigenvalue weighted by Gasteiger charge is 2.31. The number of benzene rings is 1. The summed E-state index contributed by atoms with van der Waals surface area (Å²) in [5.41, 5.74) is 2.83. The van der Waals surface area contributed by atoms with Crippen molar-refractivity contribution in [2.24, 2.45) is 5.92 Å². The highest BCUT2D eigenvalue weighted by molar-refractivity contribution is 5.50. The van der Waals surface area contributed by atoms with Crippen molar-refractivity contribution in [3.8, 4) is 0 Å². The van der Waals surface area contributed by atoms with Crippen LogP contribution in [0.4, 0.5) is 5.69 Å². The molecule has 3 unspecified atom stereocenters. The zero-order valence-corrected chi connectivity index (χ0v) is 12.1. The molecule has 0 aliphatic carbocycles. The van der Waals surface area contributed by atoms with Gasteiger partial charge in [-0.2, -0.15) is 0 Å². The highest BCUT2D eigenvalue weighted by atomic mass is 15.2. The summed E-state index contributed by atoms with van der Waals surface area (Å²) in [6.07, 6.45) is 2.35. The number of nitrogens with zero attached hydrogens (tertiary/aromatic N) is 1. The lowest BCUT2D eigenvalue weighted by Crippen LogP contribution is -2.52. The van der Waals surface area contributed by atoms with Gasteiger partial charge in [-0.25, -0.2) is 0 Å². The van der Waals surface area contributed by atoms with Crippen molar-refractivity contribution in [1.29, 1.82) is 0 Å². The molecule has 3 atom stereocenters. The van der Waals surface area contributed by atoms with E-state index in [1.165, 1.54) is 17.7 Å². The fourth-order valence-corrected chi connectivity index (χ4v) is 3.09. The van der Waals surface area contributed by atoms with Gasteiger partial charge in [0.1, 0.15) is 0 Å². The Hall–Kier alpha value is -1.02. The minimum atomic E-state index is 0.600. The van der Waals surface area contributed by atoms with E-state index in [0.717, 1.165) is 13.0 Å². The van der Waals surface area contributed by atoms with Crippen molar-refractivity contribution in [3.05, 3.63) is 29.8 Å². The zero-order valence-electron chi connectivity index (χ0n) is 12.1. The Morgan fingerprint density at radius 1 is 1.33 bits per heavy atom. The molecule has 18 heavy (non-hydrogen) atoms. The molecular formula is C16H26N2. The number of piperidine rings is 1. The molecule has 2 heteroatoms. The quantitative estimate of drug-likeness (QED) is 0.882. The maximum absolute atomic E-state index is 3.45. The van der Waals surface area contributed by atoms with Crippen LogP contribution in [-0.2, 0) is 6.42 Å². The van der Waals surface area contributed by atoms with Crippen LogP contribution in [0.25, 0.3) is 0 Å². The summed E-state index contributed by atoms with van der Waals surface area (Å²) < 4.78 is 0. The monoisotopic (exact) mass is 246 g/mol. The van der Waals surface area contributed by atoms with Gasteiger partial charge >= 0.3 is 0 Å². The van der Waals surface area contributed by atoms with E-state index in [4.69, 9.17) is 0 Å². The first kappa shape index (κ1) is 13.4. The van der Waals surface area contributed by atoms with Crippen molar-refractivity contribution in [2.75, 3.05) is 18.5 Å². The Morgan fingerprint density at radius 2 is 2.11 bits per heavy atom. The summed E-state index contributed by atoms with van der Waals surface area (Å²) in [5, 5.41) is 3.45. The van der Waals surface area contributed by atoms with Gasteiger partial charge in [0, 0.05) is 24.3 Å². The molecule has 0 spiro atoms. The molecule has 1 aromatic carbocycles. The van der Waals surface area contributed by atoms with E-state index in [9.17, 15) is 0 Å². The van der Waals surface area contributed by atoms with Gasteiger partial charge in [-0.1, -0.05) is 26.0 Å². The smallest absolute Gasteiger partial charge is 0.0371 e. The number of hydrogen-bond acceptors (Lipinski definition) is 2. The second-order valence-electron chi connectivity index (χ2n) is 5.50. The molecule has 0 amide bonds. The first-order chi connectivity index (χ1) is 8.67. The van der Waals surface area contributed by atoms with E-state index in [-0.39, 0.29) is 0 Å². The number of rotatable bonds is 3. The van der Waals surface area contributed by atoms with Crippen LogP contribution in [0.5, 0.6) is 0 Å². The van der Waals surface area contributed by atoms with Crippen LogP contribution in [0.3, 0.4) is 0 Å². The Labute approximate surface area is 111 Å². The molecule has 0 saturated carbocycles. The molecule has 0 bridgehead atoms. The summed E-state index contributed by atoms with van der Waals surface area (Å²) >= 11 is 0.